The molecule has 1 atom stereocenters. The second-order valence-electron chi connectivity index (χ2n) is 4.91. The summed E-state index contributed by atoms with van der Waals surface area (Å²) in [6, 6.07) is 6.50. The zero-order valence-corrected chi connectivity index (χ0v) is 10.4. The molecule has 0 fully saturated rings. The predicted molar refractivity (Wildman–Crippen MR) is 67.4 cm³/mol. The number of aliphatic hydroxyl groups excluding tert-OH is 1. The molecular formula is C13H21FN2O. The summed E-state index contributed by atoms with van der Waals surface area (Å²) < 4.78 is 12.8. The number of nitrogens with two attached hydrogens (primary N) is 1. The third kappa shape index (κ3) is 4.42. The lowest BCUT2D eigenvalue weighted by atomic mass is 9.84. The molecule has 4 N–H and O–H groups in total. The summed E-state index contributed by atoms with van der Waals surface area (Å²) in [7, 11) is 0. The fraction of sp³-hybridized carbons (Fsp3) is 0.538. The third-order valence-electron chi connectivity index (χ3n) is 2.84. The first-order valence-corrected chi connectivity index (χ1v) is 5.80. The van der Waals surface area contributed by atoms with Crippen molar-refractivity contribution in [3.05, 3.63) is 35.6 Å². The van der Waals surface area contributed by atoms with Crippen molar-refractivity contribution in [1.29, 1.82) is 0 Å². The van der Waals surface area contributed by atoms with Gasteiger partial charge in [-0.1, -0.05) is 26.0 Å². The van der Waals surface area contributed by atoms with E-state index in [2.05, 4.69) is 19.2 Å². The first-order chi connectivity index (χ1) is 7.95. The van der Waals surface area contributed by atoms with Gasteiger partial charge in [-0.2, -0.15) is 0 Å². The van der Waals surface area contributed by atoms with E-state index in [1.165, 1.54) is 12.1 Å². The van der Waals surface area contributed by atoms with Gasteiger partial charge in [0.15, 0.2) is 0 Å². The van der Waals surface area contributed by atoms with Crippen LogP contribution in [0.15, 0.2) is 24.3 Å². The second-order valence-corrected chi connectivity index (χ2v) is 4.91. The van der Waals surface area contributed by atoms with Crippen molar-refractivity contribution in [3.8, 4) is 0 Å². The van der Waals surface area contributed by atoms with E-state index >= 15 is 0 Å². The highest BCUT2D eigenvalue weighted by Gasteiger charge is 2.20. The van der Waals surface area contributed by atoms with Crippen LogP contribution in [-0.4, -0.2) is 30.8 Å². The van der Waals surface area contributed by atoms with Gasteiger partial charge in [0.1, 0.15) is 5.82 Å². The van der Waals surface area contributed by atoms with Crippen LogP contribution in [0.1, 0.15) is 19.4 Å². The molecule has 0 saturated carbocycles. The highest BCUT2D eigenvalue weighted by molar-refractivity contribution is 5.24. The van der Waals surface area contributed by atoms with Crippen LogP contribution in [0.5, 0.6) is 0 Å². The van der Waals surface area contributed by atoms with E-state index in [0.29, 0.717) is 13.1 Å². The SMILES string of the molecule is CC(C)(CNCC(O)CN)c1ccc(F)cc1. The maximum Gasteiger partial charge on any atom is 0.123 e. The molecule has 0 aliphatic rings. The van der Waals surface area contributed by atoms with Gasteiger partial charge in [0.25, 0.3) is 0 Å². The fourth-order valence-electron chi connectivity index (χ4n) is 1.64. The summed E-state index contributed by atoms with van der Waals surface area (Å²) >= 11 is 0. The van der Waals surface area contributed by atoms with Gasteiger partial charge in [-0.15, -0.1) is 0 Å². The average Bonchev–Trinajstić information content (AvgIpc) is 2.29. The van der Waals surface area contributed by atoms with Crippen LogP contribution < -0.4 is 11.1 Å². The molecule has 17 heavy (non-hydrogen) atoms. The van der Waals surface area contributed by atoms with Gasteiger partial charge in [0.2, 0.25) is 0 Å². The molecule has 1 aromatic rings. The largest absolute Gasteiger partial charge is 0.390 e. The Morgan fingerprint density at radius 1 is 1.35 bits per heavy atom. The minimum atomic E-state index is -0.515. The van der Waals surface area contributed by atoms with Gasteiger partial charge in [0.05, 0.1) is 6.10 Å². The van der Waals surface area contributed by atoms with Crippen molar-refractivity contribution < 1.29 is 9.50 Å². The molecule has 0 aliphatic carbocycles. The summed E-state index contributed by atoms with van der Waals surface area (Å²) in [4.78, 5) is 0. The minimum absolute atomic E-state index is 0.109. The molecule has 1 rings (SSSR count). The van der Waals surface area contributed by atoms with Gasteiger partial charge in [0, 0.05) is 25.0 Å². The zero-order valence-electron chi connectivity index (χ0n) is 10.4. The molecule has 0 saturated heterocycles. The van der Waals surface area contributed by atoms with Crippen LogP contribution in [0.3, 0.4) is 0 Å². The first kappa shape index (κ1) is 14.1. The van der Waals surface area contributed by atoms with E-state index in [0.717, 1.165) is 5.56 Å². The Bertz CT molecular complexity index is 338. The van der Waals surface area contributed by atoms with Crippen molar-refractivity contribution in [2.24, 2.45) is 5.73 Å². The van der Waals surface area contributed by atoms with Crippen molar-refractivity contribution in [2.75, 3.05) is 19.6 Å². The number of hydrogen-bond acceptors (Lipinski definition) is 3. The Hall–Kier alpha value is -0.970. The minimum Gasteiger partial charge on any atom is -0.390 e. The van der Waals surface area contributed by atoms with Crippen molar-refractivity contribution in [1.82, 2.24) is 5.32 Å². The van der Waals surface area contributed by atoms with Crippen molar-refractivity contribution in [3.63, 3.8) is 0 Å². The standard InChI is InChI=1S/C13H21FN2O/c1-13(2,9-16-8-12(17)7-15)10-3-5-11(14)6-4-10/h3-6,12,16-17H,7-9,15H2,1-2H3. The van der Waals surface area contributed by atoms with Crippen LogP contribution in [0, 0.1) is 5.82 Å². The summed E-state index contributed by atoms with van der Waals surface area (Å²) in [5.74, 6) is -0.226. The molecule has 0 bridgehead atoms. The van der Waals surface area contributed by atoms with Gasteiger partial charge < -0.3 is 16.2 Å². The van der Waals surface area contributed by atoms with E-state index in [1.54, 1.807) is 12.1 Å². The third-order valence-corrected chi connectivity index (χ3v) is 2.84. The van der Waals surface area contributed by atoms with E-state index in [-0.39, 0.29) is 17.8 Å². The lowest BCUT2D eigenvalue weighted by Crippen LogP contribution is -2.39. The Morgan fingerprint density at radius 3 is 2.47 bits per heavy atom. The Balaban J connectivity index is 2.53. The fourth-order valence-corrected chi connectivity index (χ4v) is 1.64. The Labute approximate surface area is 102 Å². The number of nitrogens with one attached hydrogen (secondary N) is 1. The van der Waals surface area contributed by atoms with Gasteiger partial charge in [-0.25, -0.2) is 4.39 Å². The van der Waals surface area contributed by atoms with E-state index in [1.807, 2.05) is 0 Å². The molecule has 1 aromatic carbocycles. The number of aliphatic hydroxyl groups is 1. The highest BCUT2D eigenvalue weighted by atomic mass is 19.1. The number of halogens is 1. The maximum absolute atomic E-state index is 12.8. The maximum atomic E-state index is 12.8. The summed E-state index contributed by atoms with van der Waals surface area (Å²) in [6.45, 7) is 5.57. The number of hydrogen-bond donors (Lipinski definition) is 3. The molecule has 0 radical (unpaired) electrons. The smallest absolute Gasteiger partial charge is 0.123 e. The monoisotopic (exact) mass is 240 g/mol. The highest BCUT2D eigenvalue weighted by Crippen LogP contribution is 2.22. The molecule has 0 heterocycles. The second kappa shape index (κ2) is 6.10. The van der Waals surface area contributed by atoms with Gasteiger partial charge in [-0.05, 0) is 17.7 Å². The quantitative estimate of drug-likeness (QED) is 0.695. The molecule has 4 heteroatoms. The molecule has 0 amide bonds. The van der Waals surface area contributed by atoms with Gasteiger partial charge >= 0.3 is 0 Å². The molecule has 0 aromatic heterocycles. The number of rotatable bonds is 6. The normalized spacial score (nSPS) is 13.7. The summed E-state index contributed by atoms with van der Waals surface area (Å²) in [5.41, 5.74) is 6.27. The lowest BCUT2D eigenvalue weighted by Gasteiger charge is -2.26. The number of benzene rings is 1. The molecule has 0 aliphatic heterocycles. The molecule has 96 valence electrons. The van der Waals surface area contributed by atoms with Crippen LogP contribution in [0.2, 0.25) is 0 Å². The van der Waals surface area contributed by atoms with E-state index in [4.69, 9.17) is 5.73 Å². The van der Waals surface area contributed by atoms with Gasteiger partial charge in [-0.3, -0.25) is 0 Å². The summed E-state index contributed by atoms with van der Waals surface area (Å²) in [6.07, 6.45) is -0.515. The average molecular weight is 240 g/mol. The predicted octanol–water partition coefficient (Wildman–Crippen LogP) is 1.01. The first-order valence-electron chi connectivity index (χ1n) is 5.80. The van der Waals surface area contributed by atoms with Crippen LogP contribution in [0.4, 0.5) is 4.39 Å². The lowest BCUT2D eigenvalue weighted by molar-refractivity contribution is 0.177. The van der Waals surface area contributed by atoms with Crippen molar-refractivity contribution in [2.45, 2.75) is 25.4 Å². The molecular weight excluding hydrogens is 219 g/mol. The Kier molecular flexibility index (Phi) is 5.05. The molecule has 0 spiro atoms. The Morgan fingerprint density at radius 2 is 1.94 bits per heavy atom. The molecule has 3 nitrogen and oxygen atoms in total. The summed E-state index contributed by atoms with van der Waals surface area (Å²) in [5, 5.41) is 12.5. The van der Waals surface area contributed by atoms with Crippen LogP contribution >= 0.6 is 0 Å². The zero-order chi connectivity index (χ0) is 12.9. The topological polar surface area (TPSA) is 58.3 Å². The van der Waals surface area contributed by atoms with E-state index < -0.39 is 6.10 Å². The van der Waals surface area contributed by atoms with Crippen molar-refractivity contribution >= 4 is 0 Å². The van der Waals surface area contributed by atoms with Crippen LogP contribution in [-0.2, 0) is 5.41 Å². The molecule has 1 unspecified atom stereocenters. The van der Waals surface area contributed by atoms with E-state index in [9.17, 15) is 9.50 Å². The van der Waals surface area contributed by atoms with Crippen LogP contribution in [0.25, 0.3) is 0 Å².